The second-order valence-electron chi connectivity index (χ2n) is 3.12. The van der Waals surface area contributed by atoms with Gasteiger partial charge in [0.05, 0.1) is 5.02 Å². The zero-order valence-electron chi connectivity index (χ0n) is 8.32. The second-order valence-corrected chi connectivity index (χ2v) is 3.53. The smallest absolute Gasteiger partial charge is 0.328 e. The van der Waals surface area contributed by atoms with Crippen molar-refractivity contribution in [3.05, 3.63) is 28.5 Å². The summed E-state index contributed by atoms with van der Waals surface area (Å²) >= 11 is 5.53. The van der Waals surface area contributed by atoms with Crippen LogP contribution in [0.3, 0.4) is 0 Å². The van der Waals surface area contributed by atoms with Gasteiger partial charge in [-0.05, 0) is 19.1 Å². The topological polar surface area (TPSA) is 69.9 Å². The Morgan fingerprint density at radius 1 is 1.62 bits per heavy atom. The van der Waals surface area contributed by atoms with Crippen molar-refractivity contribution in [3.8, 4) is 5.75 Å². The summed E-state index contributed by atoms with van der Waals surface area (Å²) in [6.45, 7) is 1.36. The van der Waals surface area contributed by atoms with E-state index in [4.69, 9.17) is 16.7 Å². The number of hydrogen-bond acceptors (Lipinski definition) is 3. The molecule has 0 saturated heterocycles. The normalized spacial score (nSPS) is 12.9. The second kappa shape index (κ2) is 4.94. The molecule has 16 heavy (non-hydrogen) atoms. The highest BCUT2D eigenvalue weighted by Crippen LogP contribution is 2.27. The minimum atomic E-state index is -1.11. The van der Waals surface area contributed by atoms with Crippen molar-refractivity contribution in [3.63, 3.8) is 0 Å². The first-order chi connectivity index (χ1) is 7.41. The fourth-order valence-electron chi connectivity index (χ4n) is 0.940. The van der Waals surface area contributed by atoms with Gasteiger partial charge >= 0.3 is 5.97 Å². The summed E-state index contributed by atoms with van der Waals surface area (Å²) in [6.07, 6.45) is 1.07. The summed E-state index contributed by atoms with van der Waals surface area (Å²) in [7, 11) is 0. The molecule has 1 aromatic carbocycles. The van der Waals surface area contributed by atoms with Crippen LogP contribution in [0.25, 0.3) is 0 Å². The van der Waals surface area contributed by atoms with Crippen LogP contribution in [-0.2, 0) is 4.79 Å². The van der Waals surface area contributed by atoms with Gasteiger partial charge in [0.2, 0.25) is 0 Å². The monoisotopic (exact) mass is 245 g/mol. The van der Waals surface area contributed by atoms with Crippen molar-refractivity contribution in [2.45, 2.75) is 13.0 Å². The molecule has 0 aliphatic rings. The number of rotatable bonds is 3. The van der Waals surface area contributed by atoms with E-state index in [2.05, 4.69) is 4.99 Å². The minimum absolute atomic E-state index is 0.0399. The summed E-state index contributed by atoms with van der Waals surface area (Å²) in [4.78, 5) is 14.1. The van der Waals surface area contributed by atoms with Crippen LogP contribution in [-0.4, -0.2) is 28.4 Å². The van der Waals surface area contributed by atoms with Gasteiger partial charge in [0.1, 0.15) is 17.6 Å². The maximum Gasteiger partial charge on any atom is 0.328 e. The largest absolute Gasteiger partial charge is 0.506 e. The molecule has 1 rings (SSSR count). The third kappa shape index (κ3) is 2.93. The SMILES string of the molecule is C[C@@H](N=Cc1cc(F)cc(Cl)c1O)C(=O)O. The standard InChI is InChI=1S/C10H9ClFNO3/c1-5(10(15)16)13-4-6-2-7(12)3-8(11)9(6)14/h2-5,14H,1H3,(H,15,16)/t5-/m1/s1. The fourth-order valence-corrected chi connectivity index (χ4v) is 1.15. The van der Waals surface area contributed by atoms with Gasteiger partial charge in [-0.1, -0.05) is 11.6 Å². The van der Waals surface area contributed by atoms with Crippen LogP contribution in [0.4, 0.5) is 4.39 Å². The van der Waals surface area contributed by atoms with E-state index in [9.17, 15) is 14.3 Å². The van der Waals surface area contributed by atoms with Crippen molar-refractivity contribution in [1.29, 1.82) is 0 Å². The summed E-state index contributed by atoms with van der Waals surface area (Å²) < 4.78 is 12.9. The summed E-state index contributed by atoms with van der Waals surface area (Å²) in [5.74, 6) is -2.07. The lowest BCUT2D eigenvalue weighted by Crippen LogP contribution is -2.13. The quantitative estimate of drug-likeness (QED) is 0.801. The van der Waals surface area contributed by atoms with Gasteiger partial charge in [-0.15, -0.1) is 0 Å². The van der Waals surface area contributed by atoms with Crippen LogP contribution in [0.1, 0.15) is 12.5 Å². The molecule has 0 radical (unpaired) electrons. The zero-order valence-corrected chi connectivity index (χ0v) is 9.07. The Balaban J connectivity index is 3.01. The maximum atomic E-state index is 12.9. The lowest BCUT2D eigenvalue weighted by Gasteiger charge is -2.02. The van der Waals surface area contributed by atoms with Crippen LogP contribution in [0, 0.1) is 5.82 Å². The number of aliphatic imine (C=N–C) groups is 1. The van der Waals surface area contributed by atoms with Gasteiger partial charge in [0.25, 0.3) is 0 Å². The van der Waals surface area contributed by atoms with Gasteiger partial charge in [-0.3, -0.25) is 4.99 Å². The molecule has 86 valence electrons. The number of hydrogen-bond donors (Lipinski definition) is 2. The van der Waals surface area contributed by atoms with Crippen LogP contribution >= 0.6 is 11.6 Å². The van der Waals surface area contributed by atoms with Gasteiger partial charge in [-0.2, -0.15) is 0 Å². The lowest BCUT2D eigenvalue weighted by atomic mass is 10.2. The summed E-state index contributed by atoms with van der Waals surface area (Å²) in [5.41, 5.74) is 0.0399. The number of carboxylic acids is 1. The zero-order chi connectivity index (χ0) is 12.3. The van der Waals surface area contributed by atoms with E-state index in [1.54, 1.807) is 0 Å². The molecule has 0 fully saturated rings. The molecule has 0 unspecified atom stereocenters. The van der Waals surface area contributed by atoms with E-state index in [0.717, 1.165) is 18.3 Å². The highest BCUT2D eigenvalue weighted by atomic mass is 35.5. The lowest BCUT2D eigenvalue weighted by molar-refractivity contribution is -0.137. The van der Waals surface area contributed by atoms with Crippen LogP contribution in [0.15, 0.2) is 17.1 Å². The first kappa shape index (κ1) is 12.4. The van der Waals surface area contributed by atoms with Crippen LogP contribution in [0.5, 0.6) is 5.75 Å². The number of phenols is 1. The number of halogens is 2. The maximum absolute atomic E-state index is 12.9. The van der Waals surface area contributed by atoms with E-state index < -0.39 is 17.8 Å². The molecule has 0 aliphatic heterocycles. The molecule has 0 aromatic heterocycles. The molecule has 0 amide bonds. The van der Waals surface area contributed by atoms with E-state index in [-0.39, 0.29) is 16.3 Å². The van der Waals surface area contributed by atoms with Crippen molar-refractivity contribution in [2.24, 2.45) is 4.99 Å². The van der Waals surface area contributed by atoms with Crippen LogP contribution < -0.4 is 0 Å². The number of aromatic hydroxyl groups is 1. The Morgan fingerprint density at radius 3 is 2.81 bits per heavy atom. The Morgan fingerprint density at radius 2 is 2.25 bits per heavy atom. The molecule has 0 spiro atoms. The van der Waals surface area contributed by atoms with Crippen LogP contribution in [0.2, 0.25) is 5.02 Å². The number of carboxylic acid groups (broad SMARTS) is 1. The number of carbonyl (C=O) groups is 1. The van der Waals surface area contributed by atoms with Crippen molar-refractivity contribution in [2.75, 3.05) is 0 Å². The third-order valence-corrected chi connectivity index (χ3v) is 2.14. The Labute approximate surface area is 96.0 Å². The highest BCUT2D eigenvalue weighted by molar-refractivity contribution is 6.32. The first-order valence-corrected chi connectivity index (χ1v) is 4.73. The molecule has 0 aliphatic carbocycles. The Bertz CT molecular complexity index is 448. The number of nitrogens with zero attached hydrogens (tertiary/aromatic N) is 1. The molecular formula is C10H9ClFNO3. The molecule has 0 heterocycles. The van der Waals surface area contributed by atoms with E-state index in [1.165, 1.54) is 6.92 Å². The molecule has 0 saturated carbocycles. The molecule has 1 aromatic rings. The molecular weight excluding hydrogens is 237 g/mol. The highest BCUT2D eigenvalue weighted by Gasteiger charge is 2.10. The van der Waals surface area contributed by atoms with Gasteiger partial charge in [0.15, 0.2) is 0 Å². The van der Waals surface area contributed by atoms with Gasteiger partial charge in [-0.25, -0.2) is 9.18 Å². The van der Waals surface area contributed by atoms with Gasteiger partial charge < -0.3 is 10.2 Å². The average Bonchev–Trinajstić information content (AvgIpc) is 2.20. The predicted molar refractivity (Wildman–Crippen MR) is 57.8 cm³/mol. The molecule has 1 atom stereocenters. The number of benzene rings is 1. The van der Waals surface area contributed by atoms with E-state index >= 15 is 0 Å². The Hall–Kier alpha value is -1.62. The summed E-state index contributed by atoms with van der Waals surface area (Å²) in [5, 5.41) is 17.8. The third-order valence-electron chi connectivity index (χ3n) is 1.85. The molecule has 6 heteroatoms. The van der Waals surface area contributed by atoms with E-state index in [1.807, 2.05) is 0 Å². The molecule has 2 N–H and O–H groups in total. The average molecular weight is 246 g/mol. The molecule has 4 nitrogen and oxygen atoms in total. The van der Waals surface area contributed by atoms with Crippen molar-refractivity contribution >= 4 is 23.8 Å². The Kier molecular flexibility index (Phi) is 3.84. The first-order valence-electron chi connectivity index (χ1n) is 4.36. The van der Waals surface area contributed by atoms with E-state index in [0.29, 0.717) is 0 Å². The fraction of sp³-hybridized carbons (Fsp3) is 0.200. The molecule has 0 bridgehead atoms. The predicted octanol–water partition coefficient (Wildman–Crippen LogP) is 2.08. The summed E-state index contributed by atoms with van der Waals surface area (Å²) in [6, 6.07) is 0.996. The number of phenolic OH excluding ortho intramolecular Hbond substituents is 1. The van der Waals surface area contributed by atoms with Gasteiger partial charge in [0, 0.05) is 11.8 Å². The minimum Gasteiger partial charge on any atom is -0.506 e. The van der Waals surface area contributed by atoms with Crippen molar-refractivity contribution in [1.82, 2.24) is 0 Å². The number of aliphatic carboxylic acids is 1. The van der Waals surface area contributed by atoms with Crippen molar-refractivity contribution < 1.29 is 19.4 Å².